The lowest BCUT2D eigenvalue weighted by atomic mass is 10.1. The topological polar surface area (TPSA) is 79.2 Å². The van der Waals surface area contributed by atoms with E-state index >= 15 is 0 Å². The number of halogens is 3. The van der Waals surface area contributed by atoms with E-state index in [1.54, 1.807) is 24.6 Å². The highest BCUT2D eigenvalue weighted by Gasteiger charge is 2.36. The number of rotatable bonds is 4. The van der Waals surface area contributed by atoms with Crippen molar-refractivity contribution in [2.75, 3.05) is 7.05 Å². The summed E-state index contributed by atoms with van der Waals surface area (Å²) in [5, 5.41) is 12.7. The highest BCUT2D eigenvalue weighted by atomic mass is 32.1. The molecular weight excluding hydrogens is 429 g/mol. The van der Waals surface area contributed by atoms with E-state index < -0.39 is 17.8 Å². The molecule has 1 unspecified atom stereocenters. The van der Waals surface area contributed by atoms with Gasteiger partial charge in [0, 0.05) is 24.4 Å². The summed E-state index contributed by atoms with van der Waals surface area (Å²) in [7, 11) is 1.58. The minimum atomic E-state index is -4.66. The number of nitrogens with zero attached hydrogens (tertiary/aromatic N) is 5. The number of aryl methyl sites for hydroxylation is 2. The number of alkyl halides is 3. The summed E-state index contributed by atoms with van der Waals surface area (Å²) in [6.45, 7) is 5.50. The van der Waals surface area contributed by atoms with Crippen molar-refractivity contribution >= 4 is 22.9 Å². The summed E-state index contributed by atoms with van der Waals surface area (Å²) in [5.74, 6) is -0.510. The quantitative estimate of drug-likeness (QED) is 0.493. The van der Waals surface area contributed by atoms with E-state index in [1.807, 2.05) is 20.8 Å². The van der Waals surface area contributed by atoms with Crippen LogP contribution in [0.5, 0.6) is 0 Å². The molecule has 162 valence electrons. The number of amides is 1. The van der Waals surface area contributed by atoms with Crippen LogP contribution in [0.3, 0.4) is 0 Å². The first kappa shape index (κ1) is 21.0. The molecule has 1 amide bonds. The van der Waals surface area contributed by atoms with E-state index in [9.17, 15) is 18.0 Å². The van der Waals surface area contributed by atoms with Crippen molar-refractivity contribution in [2.24, 2.45) is 0 Å². The van der Waals surface area contributed by atoms with Crippen molar-refractivity contribution in [3.63, 3.8) is 0 Å². The Labute approximate surface area is 179 Å². The summed E-state index contributed by atoms with van der Waals surface area (Å²) in [6, 6.07) is 5.31. The fourth-order valence-electron chi connectivity index (χ4n) is 3.56. The molecule has 0 saturated heterocycles. The van der Waals surface area contributed by atoms with E-state index in [0.717, 1.165) is 23.0 Å². The van der Waals surface area contributed by atoms with Gasteiger partial charge in [0.15, 0.2) is 17.0 Å². The molecule has 0 aliphatic heterocycles. The molecule has 4 aromatic rings. The summed E-state index contributed by atoms with van der Waals surface area (Å²) in [6.07, 6.45) is -4.66. The third-order valence-corrected chi connectivity index (χ3v) is 6.11. The number of carbonyl (C=O) groups is 1. The fraction of sp³-hybridized carbons (Fsp3) is 0.300. The molecule has 4 rings (SSSR count). The number of fused-ring (bicyclic) bond motifs is 1. The van der Waals surface area contributed by atoms with Crippen molar-refractivity contribution in [1.82, 2.24) is 29.7 Å². The molecule has 1 N–H and O–H groups in total. The van der Waals surface area contributed by atoms with Gasteiger partial charge in [-0.1, -0.05) is 6.07 Å². The highest BCUT2D eigenvalue weighted by Crippen LogP contribution is 2.34. The molecule has 0 aromatic carbocycles. The standard InChI is InChI=1S/C20H19F3N6OS/c1-10-18(11(2)26-25-10)12(3)28(4)19(30)14-9-17-24-13(15-6-5-7-31-15)8-16(20(21,22)23)29(17)27-14/h5-9,12H,1-4H3,(H,25,26). The molecule has 0 aliphatic rings. The molecule has 4 heterocycles. The number of thiophene rings is 1. The van der Waals surface area contributed by atoms with E-state index in [0.29, 0.717) is 9.39 Å². The van der Waals surface area contributed by atoms with Crippen LogP contribution in [-0.2, 0) is 6.18 Å². The van der Waals surface area contributed by atoms with Crippen molar-refractivity contribution in [2.45, 2.75) is 33.0 Å². The van der Waals surface area contributed by atoms with Gasteiger partial charge in [-0.05, 0) is 38.3 Å². The molecule has 11 heteroatoms. The van der Waals surface area contributed by atoms with Crippen LogP contribution in [0.25, 0.3) is 16.2 Å². The van der Waals surface area contributed by atoms with E-state index in [2.05, 4.69) is 20.3 Å². The van der Waals surface area contributed by atoms with Gasteiger partial charge in [0.1, 0.15) is 0 Å². The first-order valence-electron chi connectivity index (χ1n) is 9.38. The molecule has 1 atom stereocenters. The molecule has 31 heavy (non-hydrogen) atoms. The van der Waals surface area contributed by atoms with Crippen molar-refractivity contribution in [1.29, 1.82) is 0 Å². The Hall–Kier alpha value is -3.21. The minimum absolute atomic E-state index is 0.0432. The van der Waals surface area contributed by atoms with Crippen LogP contribution in [0.1, 0.15) is 46.1 Å². The predicted octanol–water partition coefficient (Wildman–Crippen LogP) is 4.65. The molecule has 0 saturated carbocycles. The normalized spacial score (nSPS) is 13.0. The van der Waals surface area contributed by atoms with Crippen LogP contribution in [0.2, 0.25) is 0 Å². The molecule has 0 spiro atoms. The second-order valence-corrected chi connectivity index (χ2v) is 8.19. The van der Waals surface area contributed by atoms with Crippen LogP contribution < -0.4 is 0 Å². The molecule has 0 aliphatic carbocycles. The Balaban J connectivity index is 1.77. The zero-order chi connectivity index (χ0) is 22.5. The monoisotopic (exact) mass is 448 g/mol. The Bertz CT molecular complexity index is 1240. The van der Waals surface area contributed by atoms with Gasteiger partial charge in [-0.2, -0.15) is 23.4 Å². The van der Waals surface area contributed by atoms with Crippen LogP contribution in [0.15, 0.2) is 29.6 Å². The first-order valence-corrected chi connectivity index (χ1v) is 10.3. The Morgan fingerprint density at radius 3 is 2.61 bits per heavy atom. The average molecular weight is 448 g/mol. The minimum Gasteiger partial charge on any atom is -0.333 e. The largest absolute Gasteiger partial charge is 0.433 e. The van der Waals surface area contributed by atoms with Crippen molar-refractivity contribution in [3.05, 3.63) is 58.0 Å². The number of H-pyrrole nitrogens is 1. The predicted molar refractivity (Wildman–Crippen MR) is 110 cm³/mol. The summed E-state index contributed by atoms with van der Waals surface area (Å²) in [4.78, 5) is 19.4. The second kappa shape index (κ2) is 7.49. The van der Waals surface area contributed by atoms with Crippen LogP contribution in [0.4, 0.5) is 13.2 Å². The molecular formula is C20H19F3N6OS. The second-order valence-electron chi connectivity index (χ2n) is 7.24. The lowest BCUT2D eigenvalue weighted by Crippen LogP contribution is -2.30. The molecule has 7 nitrogen and oxygen atoms in total. The van der Waals surface area contributed by atoms with Gasteiger partial charge in [-0.25, -0.2) is 9.50 Å². The summed E-state index contributed by atoms with van der Waals surface area (Å²) >= 11 is 1.28. The smallest absolute Gasteiger partial charge is 0.333 e. The van der Waals surface area contributed by atoms with Crippen LogP contribution in [0, 0.1) is 13.8 Å². The lowest BCUT2D eigenvalue weighted by molar-refractivity contribution is -0.142. The van der Waals surface area contributed by atoms with E-state index in [-0.39, 0.29) is 23.1 Å². The molecule has 0 radical (unpaired) electrons. The van der Waals surface area contributed by atoms with Gasteiger partial charge >= 0.3 is 6.18 Å². The Morgan fingerprint density at radius 2 is 2.03 bits per heavy atom. The van der Waals surface area contributed by atoms with Crippen molar-refractivity contribution in [3.8, 4) is 10.6 Å². The van der Waals surface area contributed by atoms with Gasteiger partial charge in [-0.3, -0.25) is 9.89 Å². The lowest BCUT2D eigenvalue weighted by Gasteiger charge is -2.24. The van der Waals surface area contributed by atoms with Crippen LogP contribution in [-0.4, -0.2) is 42.7 Å². The van der Waals surface area contributed by atoms with Gasteiger partial charge in [-0.15, -0.1) is 11.3 Å². The van der Waals surface area contributed by atoms with Crippen LogP contribution >= 0.6 is 11.3 Å². The Kier molecular flexibility index (Phi) is 5.08. The van der Waals surface area contributed by atoms with Gasteiger partial charge < -0.3 is 4.90 Å². The number of nitrogens with one attached hydrogen (secondary N) is 1. The third-order valence-electron chi connectivity index (χ3n) is 5.21. The molecule has 4 aromatic heterocycles. The maximum absolute atomic E-state index is 13.7. The zero-order valence-electron chi connectivity index (χ0n) is 17.2. The van der Waals surface area contributed by atoms with E-state index in [1.165, 1.54) is 22.3 Å². The maximum atomic E-state index is 13.7. The Morgan fingerprint density at radius 1 is 1.29 bits per heavy atom. The fourth-order valence-corrected chi connectivity index (χ4v) is 4.24. The number of hydrogen-bond donors (Lipinski definition) is 1. The third kappa shape index (κ3) is 3.69. The van der Waals surface area contributed by atoms with E-state index in [4.69, 9.17) is 0 Å². The number of carbonyl (C=O) groups excluding carboxylic acids is 1. The molecule has 0 bridgehead atoms. The van der Waals surface area contributed by atoms with Gasteiger partial charge in [0.25, 0.3) is 5.91 Å². The van der Waals surface area contributed by atoms with Gasteiger partial charge in [0.2, 0.25) is 0 Å². The summed E-state index contributed by atoms with van der Waals surface area (Å²) < 4.78 is 41.8. The highest BCUT2D eigenvalue weighted by molar-refractivity contribution is 7.13. The number of hydrogen-bond acceptors (Lipinski definition) is 5. The summed E-state index contributed by atoms with van der Waals surface area (Å²) in [5.41, 5.74) is 1.46. The maximum Gasteiger partial charge on any atom is 0.433 e. The first-order chi connectivity index (χ1) is 14.6. The van der Waals surface area contributed by atoms with Gasteiger partial charge in [0.05, 0.1) is 22.3 Å². The van der Waals surface area contributed by atoms with Crippen molar-refractivity contribution < 1.29 is 18.0 Å². The number of aromatic amines is 1. The average Bonchev–Trinajstić information content (AvgIpc) is 3.44. The number of aromatic nitrogens is 5. The SMILES string of the molecule is Cc1n[nH]c(C)c1C(C)N(C)C(=O)c1cc2nc(-c3cccs3)cc(C(F)(F)F)n2n1. The zero-order valence-corrected chi connectivity index (χ0v) is 18.0. The molecule has 0 fully saturated rings.